The van der Waals surface area contributed by atoms with Gasteiger partial charge in [0.25, 0.3) is 0 Å². The Morgan fingerprint density at radius 2 is 1.29 bits per heavy atom. The molecule has 0 aromatic carbocycles. The van der Waals surface area contributed by atoms with Crippen molar-refractivity contribution in [2.45, 2.75) is 117 Å². The SMILES string of the molecule is CCCCCCCCCCCCC[C@H](CC(=O)NO)C(=O)N[C@H](C(=O)NC)C(C)(C)C. The van der Waals surface area contributed by atoms with E-state index in [1.165, 1.54) is 58.4 Å². The number of hydrogen-bond donors (Lipinski definition) is 4. The summed E-state index contributed by atoms with van der Waals surface area (Å²) in [6.45, 7) is 7.88. The lowest BCUT2D eigenvalue weighted by Gasteiger charge is -2.31. The van der Waals surface area contributed by atoms with Gasteiger partial charge in [-0.15, -0.1) is 0 Å². The molecule has 0 aromatic heterocycles. The highest BCUT2D eigenvalue weighted by molar-refractivity contribution is 5.90. The van der Waals surface area contributed by atoms with Crippen molar-refractivity contribution in [3.8, 4) is 0 Å². The van der Waals surface area contributed by atoms with Gasteiger partial charge in [0, 0.05) is 19.4 Å². The predicted octanol–water partition coefficient (Wildman–Crippen LogP) is 4.48. The average molecular weight is 442 g/mol. The minimum atomic E-state index is -0.693. The Hall–Kier alpha value is -1.63. The first-order valence-corrected chi connectivity index (χ1v) is 12.1. The summed E-state index contributed by atoms with van der Waals surface area (Å²) >= 11 is 0. The molecule has 0 fully saturated rings. The van der Waals surface area contributed by atoms with Crippen molar-refractivity contribution in [1.82, 2.24) is 16.1 Å². The molecule has 7 heteroatoms. The van der Waals surface area contributed by atoms with Crippen LogP contribution in [0.2, 0.25) is 0 Å². The molecule has 2 atom stereocenters. The maximum Gasteiger partial charge on any atom is 0.244 e. The number of carbonyl (C=O) groups excluding carboxylic acids is 3. The number of amides is 3. The maximum atomic E-state index is 12.8. The van der Waals surface area contributed by atoms with Gasteiger partial charge >= 0.3 is 0 Å². The van der Waals surface area contributed by atoms with Gasteiger partial charge in [-0.2, -0.15) is 0 Å². The van der Waals surface area contributed by atoms with Crippen LogP contribution in [0, 0.1) is 11.3 Å². The topological polar surface area (TPSA) is 108 Å². The molecule has 3 amide bonds. The monoisotopic (exact) mass is 441 g/mol. The van der Waals surface area contributed by atoms with Crippen molar-refractivity contribution in [3.05, 3.63) is 0 Å². The molecule has 0 unspecified atom stereocenters. The minimum absolute atomic E-state index is 0.0926. The number of unbranched alkanes of at least 4 members (excludes halogenated alkanes) is 10. The van der Waals surface area contributed by atoms with E-state index >= 15 is 0 Å². The third-order valence-corrected chi connectivity index (χ3v) is 5.74. The van der Waals surface area contributed by atoms with E-state index in [1.807, 2.05) is 20.8 Å². The molecule has 4 N–H and O–H groups in total. The Kier molecular flexibility index (Phi) is 16.1. The highest BCUT2D eigenvalue weighted by atomic mass is 16.5. The van der Waals surface area contributed by atoms with Gasteiger partial charge in [0.2, 0.25) is 17.7 Å². The van der Waals surface area contributed by atoms with Crippen LogP contribution in [0.3, 0.4) is 0 Å². The molecule has 31 heavy (non-hydrogen) atoms. The van der Waals surface area contributed by atoms with Crippen molar-refractivity contribution in [1.29, 1.82) is 0 Å². The van der Waals surface area contributed by atoms with Gasteiger partial charge in [0.05, 0.1) is 0 Å². The predicted molar refractivity (Wildman–Crippen MR) is 125 cm³/mol. The third kappa shape index (κ3) is 14.1. The molecule has 0 heterocycles. The number of likely N-dealkylation sites (N-methyl/N-ethyl adjacent to an activating group) is 1. The van der Waals surface area contributed by atoms with E-state index in [4.69, 9.17) is 5.21 Å². The summed E-state index contributed by atoms with van der Waals surface area (Å²) in [5.41, 5.74) is 1.15. The van der Waals surface area contributed by atoms with Gasteiger partial charge < -0.3 is 10.6 Å². The zero-order valence-corrected chi connectivity index (χ0v) is 20.5. The molecule has 0 saturated heterocycles. The minimum Gasteiger partial charge on any atom is -0.357 e. The molecule has 0 aromatic rings. The van der Waals surface area contributed by atoms with E-state index in [0.717, 1.165) is 19.3 Å². The van der Waals surface area contributed by atoms with Crippen LogP contribution >= 0.6 is 0 Å². The van der Waals surface area contributed by atoms with E-state index in [2.05, 4.69) is 17.6 Å². The fraction of sp³-hybridized carbons (Fsp3) is 0.875. The zero-order chi connectivity index (χ0) is 23.7. The average Bonchev–Trinajstić information content (AvgIpc) is 2.73. The Balaban J connectivity index is 4.46. The smallest absolute Gasteiger partial charge is 0.244 e. The molecular weight excluding hydrogens is 394 g/mol. The summed E-state index contributed by atoms with van der Waals surface area (Å²) in [7, 11) is 1.54. The molecule has 0 rings (SSSR count). The van der Waals surface area contributed by atoms with Crippen LogP contribution in [0.5, 0.6) is 0 Å². The Morgan fingerprint density at radius 1 is 0.806 bits per heavy atom. The molecular formula is C24H47N3O4. The third-order valence-electron chi connectivity index (χ3n) is 5.74. The second-order valence-electron chi connectivity index (χ2n) is 9.68. The molecule has 0 spiro atoms. The number of rotatable bonds is 17. The van der Waals surface area contributed by atoms with Crippen molar-refractivity contribution in [2.24, 2.45) is 11.3 Å². The number of nitrogens with one attached hydrogen (secondary N) is 3. The van der Waals surface area contributed by atoms with Crippen LogP contribution in [-0.4, -0.2) is 36.0 Å². The first-order chi connectivity index (χ1) is 14.7. The maximum absolute atomic E-state index is 12.8. The fourth-order valence-corrected chi connectivity index (χ4v) is 3.73. The zero-order valence-electron chi connectivity index (χ0n) is 20.5. The van der Waals surface area contributed by atoms with Gasteiger partial charge in [-0.25, -0.2) is 5.48 Å². The summed E-state index contributed by atoms with van der Waals surface area (Å²) in [6, 6.07) is -0.693. The second kappa shape index (κ2) is 17.0. The molecule has 0 radical (unpaired) electrons. The first kappa shape index (κ1) is 29.4. The van der Waals surface area contributed by atoms with Gasteiger partial charge in [-0.1, -0.05) is 98.3 Å². The largest absolute Gasteiger partial charge is 0.357 e. The van der Waals surface area contributed by atoms with Crippen LogP contribution in [0.25, 0.3) is 0 Å². The van der Waals surface area contributed by atoms with Crippen molar-refractivity contribution in [2.75, 3.05) is 7.05 Å². The van der Waals surface area contributed by atoms with E-state index < -0.39 is 23.3 Å². The number of carbonyl (C=O) groups is 3. The molecule has 7 nitrogen and oxygen atoms in total. The van der Waals surface area contributed by atoms with Crippen LogP contribution in [0.1, 0.15) is 111 Å². The van der Waals surface area contributed by atoms with E-state index in [9.17, 15) is 14.4 Å². The molecule has 0 aliphatic heterocycles. The summed E-state index contributed by atoms with van der Waals surface area (Å²) < 4.78 is 0. The summed E-state index contributed by atoms with van der Waals surface area (Å²) in [5, 5.41) is 14.3. The lowest BCUT2D eigenvalue weighted by atomic mass is 9.85. The van der Waals surface area contributed by atoms with Crippen LogP contribution < -0.4 is 16.1 Å². The number of hydroxylamine groups is 1. The summed E-state index contributed by atoms with van der Waals surface area (Å²) in [5.74, 6) is -1.74. The number of hydrogen-bond acceptors (Lipinski definition) is 4. The van der Waals surface area contributed by atoms with Gasteiger partial charge in [0.1, 0.15) is 6.04 Å². The molecule has 0 aliphatic rings. The lowest BCUT2D eigenvalue weighted by molar-refractivity contribution is -0.137. The summed E-state index contributed by atoms with van der Waals surface area (Å²) in [6.07, 6.45) is 13.8. The van der Waals surface area contributed by atoms with Gasteiger partial charge in [-0.3, -0.25) is 19.6 Å². The van der Waals surface area contributed by atoms with Crippen molar-refractivity contribution >= 4 is 17.7 Å². The quantitative estimate of drug-likeness (QED) is 0.152. The van der Waals surface area contributed by atoms with E-state index in [0.29, 0.717) is 6.42 Å². The standard InChI is InChI=1S/C24H47N3O4/c1-6-7-8-9-10-11-12-13-14-15-16-17-19(18-20(28)27-31)22(29)26-21(23(30)25-5)24(2,3)4/h19,21,31H,6-18H2,1-5H3,(H,25,30)(H,26,29)(H,27,28)/t19-,21-/m1/s1. The summed E-state index contributed by atoms with van der Waals surface area (Å²) in [4.78, 5) is 36.7. The van der Waals surface area contributed by atoms with E-state index in [-0.39, 0.29) is 18.2 Å². The van der Waals surface area contributed by atoms with Crippen LogP contribution in [-0.2, 0) is 14.4 Å². The van der Waals surface area contributed by atoms with Crippen LogP contribution in [0.15, 0.2) is 0 Å². The van der Waals surface area contributed by atoms with Crippen LogP contribution in [0.4, 0.5) is 0 Å². The van der Waals surface area contributed by atoms with E-state index in [1.54, 1.807) is 5.48 Å². The Bertz CT molecular complexity index is 517. The second-order valence-corrected chi connectivity index (χ2v) is 9.68. The van der Waals surface area contributed by atoms with Crippen molar-refractivity contribution < 1.29 is 19.6 Å². The normalized spacial score (nSPS) is 13.4. The Morgan fingerprint density at radius 3 is 1.71 bits per heavy atom. The Labute approximate surface area is 189 Å². The molecule has 0 aliphatic carbocycles. The van der Waals surface area contributed by atoms with Crippen molar-refractivity contribution in [3.63, 3.8) is 0 Å². The molecule has 0 saturated carbocycles. The fourth-order valence-electron chi connectivity index (χ4n) is 3.73. The highest BCUT2D eigenvalue weighted by Gasteiger charge is 2.34. The highest BCUT2D eigenvalue weighted by Crippen LogP contribution is 2.22. The van der Waals surface area contributed by atoms with Gasteiger partial charge in [0.15, 0.2) is 0 Å². The lowest BCUT2D eigenvalue weighted by Crippen LogP contribution is -2.54. The molecule has 182 valence electrons. The molecule has 0 bridgehead atoms. The van der Waals surface area contributed by atoms with Gasteiger partial charge in [-0.05, 0) is 11.8 Å². The first-order valence-electron chi connectivity index (χ1n) is 12.1.